The van der Waals surface area contributed by atoms with Crippen LogP contribution in [0.25, 0.3) is 0 Å². The molecule has 1 N–H and O–H groups in total. The number of aromatic nitrogens is 2. The summed E-state index contributed by atoms with van der Waals surface area (Å²) in [6.45, 7) is 5.04. The molecule has 0 atom stereocenters. The van der Waals surface area contributed by atoms with E-state index in [2.05, 4.69) is 15.3 Å². The zero-order valence-electron chi connectivity index (χ0n) is 7.52. The van der Waals surface area contributed by atoms with Gasteiger partial charge >= 0.3 is 0 Å². The van der Waals surface area contributed by atoms with Crippen LogP contribution in [0.15, 0.2) is 0 Å². The van der Waals surface area contributed by atoms with Crippen molar-refractivity contribution in [2.75, 3.05) is 11.9 Å². The van der Waals surface area contributed by atoms with Crippen molar-refractivity contribution in [3.05, 3.63) is 17.1 Å². The van der Waals surface area contributed by atoms with E-state index in [1.807, 2.05) is 13.8 Å². The fourth-order valence-electron chi connectivity index (χ4n) is 1.43. The van der Waals surface area contributed by atoms with Gasteiger partial charge in [0.1, 0.15) is 5.82 Å². The maximum Gasteiger partial charge on any atom is 0.148 e. The molecule has 0 unspecified atom stereocenters. The minimum atomic E-state index is 0.990. The van der Waals surface area contributed by atoms with Gasteiger partial charge in [-0.25, -0.2) is 4.98 Å². The molecule has 64 valence electrons. The Bertz CT molecular complexity index is 276. The molecule has 2 heterocycles. The maximum atomic E-state index is 4.49. The summed E-state index contributed by atoms with van der Waals surface area (Å²) in [5.41, 5.74) is 3.21. The second-order valence-electron chi connectivity index (χ2n) is 3.22. The van der Waals surface area contributed by atoms with Crippen molar-refractivity contribution in [2.24, 2.45) is 0 Å². The van der Waals surface area contributed by atoms with Crippen molar-refractivity contribution in [3.63, 3.8) is 0 Å². The molecule has 0 bridgehead atoms. The fraction of sp³-hybridized carbons (Fsp3) is 0.556. The van der Waals surface area contributed by atoms with Crippen molar-refractivity contribution in [1.29, 1.82) is 0 Å². The topological polar surface area (TPSA) is 37.8 Å². The summed E-state index contributed by atoms with van der Waals surface area (Å²) in [4.78, 5) is 8.93. The quantitative estimate of drug-likeness (QED) is 0.629. The van der Waals surface area contributed by atoms with Gasteiger partial charge in [-0.3, -0.25) is 4.98 Å². The third-order valence-electron chi connectivity index (χ3n) is 2.26. The molecule has 0 amide bonds. The van der Waals surface area contributed by atoms with Crippen LogP contribution in [-0.4, -0.2) is 16.5 Å². The lowest BCUT2D eigenvalue weighted by molar-refractivity contribution is 0.775. The summed E-state index contributed by atoms with van der Waals surface area (Å²) in [6.07, 6.45) is 2.24. The van der Waals surface area contributed by atoms with E-state index in [9.17, 15) is 0 Å². The average Bonchev–Trinajstić information content (AvgIpc) is 2.07. The summed E-state index contributed by atoms with van der Waals surface area (Å²) < 4.78 is 0. The SMILES string of the molecule is Cc1nc2c(nc1C)NCCC2. The standard InChI is InChI=1S/C9H13N3/c1-6-7(2)12-9-8(11-6)4-3-5-10-9/h3-5H2,1-2H3,(H,10,12). The zero-order chi connectivity index (χ0) is 8.55. The van der Waals surface area contributed by atoms with E-state index >= 15 is 0 Å². The van der Waals surface area contributed by atoms with Crippen LogP contribution in [0.5, 0.6) is 0 Å². The molecule has 1 aliphatic heterocycles. The number of hydrogen-bond acceptors (Lipinski definition) is 3. The van der Waals surface area contributed by atoms with Gasteiger partial charge in [0.15, 0.2) is 0 Å². The molecule has 2 rings (SSSR count). The monoisotopic (exact) mass is 163 g/mol. The normalized spacial score (nSPS) is 15.2. The maximum absolute atomic E-state index is 4.49. The van der Waals surface area contributed by atoms with E-state index in [1.165, 1.54) is 6.42 Å². The highest BCUT2D eigenvalue weighted by atomic mass is 15.0. The third kappa shape index (κ3) is 1.15. The number of anilines is 1. The summed E-state index contributed by atoms with van der Waals surface area (Å²) in [7, 11) is 0. The fourth-order valence-corrected chi connectivity index (χ4v) is 1.43. The largest absolute Gasteiger partial charge is 0.369 e. The lowest BCUT2D eigenvalue weighted by Gasteiger charge is -2.16. The van der Waals surface area contributed by atoms with Gasteiger partial charge in [0.05, 0.1) is 17.1 Å². The molecule has 1 aromatic heterocycles. The summed E-state index contributed by atoms with van der Waals surface area (Å²) in [5.74, 6) is 0.990. The predicted molar refractivity (Wildman–Crippen MR) is 48.3 cm³/mol. The molecule has 0 saturated heterocycles. The van der Waals surface area contributed by atoms with Crippen LogP contribution < -0.4 is 5.32 Å². The first-order valence-electron chi connectivity index (χ1n) is 4.35. The first-order valence-corrected chi connectivity index (χ1v) is 4.35. The van der Waals surface area contributed by atoms with Crippen molar-refractivity contribution in [2.45, 2.75) is 26.7 Å². The van der Waals surface area contributed by atoms with Gasteiger partial charge in [0.2, 0.25) is 0 Å². The van der Waals surface area contributed by atoms with Crippen LogP contribution in [0.3, 0.4) is 0 Å². The van der Waals surface area contributed by atoms with Gasteiger partial charge in [-0.2, -0.15) is 0 Å². The zero-order valence-corrected chi connectivity index (χ0v) is 7.52. The molecule has 3 nitrogen and oxygen atoms in total. The van der Waals surface area contributed by atoms with Gasteiger partial charge in [-0.15, -0.1) is 0 Å². The molecule has 1 aromatic rings. The van der Waals surface area contributed by atoms with Crippen molar-refractivity contribution >= 4 is 5.82 Å². The number of aryl methyl sites for hydroxylation is 3. The van der Waals surface area contributed by atoms with E-state index in [0.29, 0.717) is 0 Å². The van der Waals surface area contributed by atoms with Crippen LogP contribution >= 0.6 is 0 Å². The van der Waals surface area contributed by atoms with Gasteiger partial charge in [0, 0.05) is 6.54 Å². The van der Waals surface area contributed by atoms with Crippen molar-refractivity contribution in [1.82, 2.24) is 9.97 Å². The van der Waals surface area contributed by atoms with E-state index < -0.39 is 0 Å². The molecule has 3 heteroatoms. The Balaban J connectivity index is 2.49. The highest BCUT2D eigenvalue weighted by Gasteiger charge is 2.12. The number of fused-ring (bicyclic) bond motifs is 1. The van der Waals surface area contributed by atoms with Crippen LogP contribution in [-0.2, 0) is 6.42 Å². The lowest BCUT2D eigenvalue weighted by atomic mass is 10.1. The summed E-state index contributed by atoms with van der Waals surface area (Å²) in [5, 5.41) is 3.26. The predicted octanol–water partition coefficient (Wildman–Crippen LogP) is 1.45. The molecule has 0 spiro atoms. The number of nitrogens with one attached hydrogen (secondary N) is 1. The minimum Gasteiger partial charge on any atom is -0.369 e. The van der Waals surface area contributed by atoms with Gasteiger partial charge in [-0.05, 0) is 26.7 Å². The van der Waals surface area contributed by atoms with E-state index in [-0.39, 0.29) is 0 Å². The molecular formula is C9H13N3. The van der Waals surface area contributed by atoms with Crippen LogP contribution in [0.4, 0.5) is 5.82 Å². The minimum absolute atomic E-state index is 0.990. The Morgan fingerprint density at radius 2 is 1.92 bits per heavy atom. The molecule has 0 saturated carbocycles. The van der Waals surface area contributed by atoms with Crippen LogP contribution in [0.2, 0.25) is 0 Å². The molecule has 0 fully saturated rings. The molecule has 1 aliphatic rings. The summed E-state index contributed by atoms with van der Waals surface area (Å²) >= 11 is 0. The smallest absolute Gasteiger partial charge is 0.148 e. The van der Waals surface area contributed by atoms with E-state index in [4.69, 9.17) is 0 Å². The number of nitrogens with zero attached hydrogens (tertiary/aromatic N) is 2. The lowest BCUT2D eigenvalue weighted by Crippen LogP contribution is -2.16. The highest BCUT2D eigenvalue weighted by Crippen LogP contribution is 2.18. The van der Waals surface area contributed by atoms with E-state index in [1.54, 1.807) is 0 Å². The second-order valence-corrected chi connectivity index (χ2v) is 3.22. The first kappa shape index (κ1) is 7.53. The Hall–Kier alpha value is -1.12. The molecule has 0 aliphatic carbocycles. The van der Waals surface area contributed by atoms with Gasteiger partial charge < -0.3 is 5.32 Å². The number of rotatable bonds is 0. The molecule has 0 radical (unpaired) electrons. The Morgan fingerprint density at radius 1 is 1.17 bits per heavy atom. The van der Waals surface area contributed by atoms with Crippen LogP contribution in [0.1, 0.15) is 23.5 Å². The van der Waals surface area contributed by atoms with Crippen molar-refractivity contribution in [3.8, 4) is 0 Å². The third-order valence-corrected chi connectivity index (χ3v) is 2.26. The molecular weight excluding hydrogens is 150 g/mol. The molecule has 0 aromatic carbocycles. The Morgan fingerprint density at radius 3 is 2.75 bits per heavy atom. The highest BCUT2D eigenvalue weighted by molar-refractivity contribution is 5.43. The number of hydrogen-bond donors (Lipinski definition) is 1. The Kier molecular flexibility index (Phi) is 1.71. The molecule has 12 heavy (non-hydrogen) atoms. The second kappa shape index (κ2) is 2.73. The van der Waals surface area contributed by atoms with E-state index in [0.717, 1.165) is 35.9 Å². The van der Waals surface area contributed by atoms with Crippen molar-refractivity contribution < 1.29 is 0 Å². The summed E-state index contributed by atoms with van der Waals surface area (Å²) in [6, 6.07) is 0. The van der Waals surface area contributed by atoms with Gasteiger partial charge in [0.25, 0.3) is 0 Å². The average molecular weight is 163 g/mol. The van der Waals surface area contributed by atoms with Crippen LogP contribution in [0, 0.1) is 13.8 Å². The van der Waals surface area contributed by atoms with Gasteiger partial charge in [-0.1, -0.05) is 0 Å². The Labute approximate surface area is 72.2 Å². The first-order chi connectivity index (χ1) is 5.77.